The number of carboxylic acid groups (broad SMARTS) is 1. The van der Waals surface area contributed by atoms with Crippen molar-refractivity contribution in [1.82, 2.24) is 4.98 Å². The van der Waals surface area contributed by atoms with E-state index in [1.54, 1.807) is 11.3 Å². The Hall–Kier alpha value is -0.850. The van der Waals surface area contributed by atoms with Crippen LogP contribution in [0.5, 0.6) is 0 Å². The second-order valence-corrected chi connectivity index (χ2v) is 6.11. The summed E-state index contributed by atoms with van der Waals surface area (Å²) in [4.78, 5) is 16.0. The number of thioether (sulfide) groups is 1. The first-order chi connectivity index (χ1) is 7.66. The van der Waals surface area contributed by atoms with Gasteiger partial charge in [-0.25, -0.2) is 4.98 Å². The molecule has 0 amide bonds. The summed E-state index contributed by atoms with van der Waals surface area (Å²) in [5.41, 5.74) is 2.16. The van der Waals surface area contributed by atoms with E-state index in [0.717, 1.165) is 10.0 Å². The van der Waals surface area contributed by atoms with Crippen LogP contribution in [-0.2, 0) is 4.79 Å². The van der Waals surface area contributed by atoms with Gasteiger partial charge in [-0.2, -0.15) is 0 Å². The van der Waals surface area contributed by atoms with Gasteiger partial charge in [0.15, 0.2) is 4.34 Å². The smallest absolute Gasteiger partial charge is 0.313 e. The minimum Gasteiger partial charge on any atom is -0.481 e. The number of aromatic nitrogens is 1. The SMILES string of the molecule is Cc1ccsc1-c1csc(SCC(=O)O)n1. The lowest BCUT2D eigenvalue weighted by Gasteiger charge is -1.93. The lowest BCUT2D eigenvalue weighted by molar-refractivity contribution is -0.133. The molecule has 0 saturated carbocycles. The maximum atomic E-state index is 10.4. The van der Waals surface area contributed by atoms with Gasteiger partial charge >= 0.3 is 5.97 Å². The predicted molar refractivity (Wildman–Crippen MR) is 68.5 cm³/mol. The summed E-state index contributed by atoms with van der Waals surface area (Å²) in [6.45, 7) is 2.05. The fourth-order valence-corrected chi connectivity index (χ4v) is 3.69. The van der Waals surface area contributed by atoms with Crippen molar-refractivity contribution in [3.05, 3.63) is 22.4 Å². The molecular weight excluding hydrogens is 262 g/mol. The average Bonchev–Trinajstić information content (AvgIpc) is 2.83. The Labute approximate surface area is 105 Å². The minimum absolute atomic E-state index is 0.0658. The molecule has 0 atom stereocenters. The Kier molecular flexibility index (Phi) is 3.63. The van der Waals surface area contributed by atoms with Crippen LogP contribution in [0.25, 0.3) is 10.6 Å². The van der Waals surface area contributed by atoms with E-state index in [0.29, 0.717) is 0 Å². The highest BCUT2D eigenvalue weighted by Gasteiger charge is 2.09. The number of hydrogen-bond donors (Lipinski definition) is 1. The lowest BCUT2D eigenvalue weighted by Crippen LogP contribution is -1.96. The summed E-state index contributed by atoms with van der Waals surface area (Å²) in [6, 6.07) is 2.06. The molecule has 0 aliphatic heterocycles. The van der Waals surface area contributed by atoms with Gasteiger partial charge in [-0.05, 0) is 23.9 Å². The predicted octanol–water partition coefficient (Wildman–Crippen LogP) is 3.36. The van der Waals surface area contributed by atoms with Crippen LogP contribution in [0.4, 0.5) is 0 Å². The van der Waals surface area contributed by atoms with Crippen molar-refractivity contribution in [3.63, 3.8) is 0 Å². The van der Waals surface area contributed by atoms with E-state index < -0.39 is 5.97 Å². The van der Waals surface area contributed by atoms with Crippen molar-refractivity contribution in [2.45, 2.75) is 11.3 Å². The number of thiophene rings is 1. The summed E-state index contributed by atoms with van der Waals surface area (Å²) in [6.07, 6.45) is 0. The lowest BCUT2D eigenvalue weighted by atomic mass is 10.2. The monoisotopic (exact) mass is 271 g/mol. The van der Waals surface area contributed by atoms with E-state index in [2.05, 4.69) is 18.0 Å². The van der Waals surface area contributed by atoms with Crippen LogP contribution >= 0.6 is 34.4 Å². The number of aryl methyl sites for hydroxylation is 1. The molecule has 0 radical (unpaired) electrons. The van der Waals surface area contributed by atoms with Gasteiger partial charge in [0.2, 0.25) is 0 Å². The third-order valence-electron chi connectivity index (χ3n) is 1.90. The van der Waals surface area contributed by atoms with Crippen LogP contribution in [0.2, 0.25) is 0 Å². The van der Waals surface area contributed by atoms with Gasteiger partial charge in [0.1, 0.15) is 0 Å². The zero-order valence-electron chi connectivity index (χ0n) is 8.47. The van der Waals surface area contributed by atoms with Gasteiger partial charge in [0.05, 0.1) is 16.3 Å². The molecule has 0 aromatic carbocycles. The van der Waals surface area contributed by atoms with Crippen LogP contribution in [-0.4, -0.2) is 21.8 Å². The van der Waals surface area contributed by atoms with Gasteiger partial charge in [-0.3, -0.25) is 4.79 Å². The van der Waals surface area contributed by atoms with E-state index >= 15 is 0 Å². The van der Waals surface area contributed by atoms with Gasteiger partial charge in [0, 0.05) is 5.38 Å². The molecule has 0 bridgehead atoms. The number of carboxylic acids is 1. The fourth-order valence-electron chi connectivity index (χ4n) is 1.19. The summed E-state index contributed by atoms with van der Waals surface area (Å²) >= 11 is 4.42. The quantitative estimate of drug-likeness (QED) is 0.866. The molecule has 0 aliphatic rings. The zero-order chi connectivity index (χ0) is 11.5. The van der Waals surface area contributed by atoms with Crippen LogP contribution in [0.15, 0.2) is 21.2 Å². The molecule has 84 valence electrons. The van der Waals surface area contributed by atoms with Gasteiger partial charge in [0.25, 0.3) is 0 Å². The molecule has 6 heteroatoms. The average molecular weight is 271 g/mol. The molecule has 0 spiro atoms. The number of carbonyl (C=O) groups is 1. The molecule has 2 heterocycles. The summed E-state index contributed by atoms with van der Waals surface area (Å²) < 4.78 is 0.810. The number of rotatable bonds is 4. The molecule has 2 aromatic heterocycles. The first-order valence-corrected chi connectivity index (χ1v) is 7.26. The number of hydrogen-bond acceptors (Lipinski definition) is 5. The third kappa shape index (κ3) is 2.63. The van der Waals surface area contributed by atoms with Crippen molar-refractivity contribution in [3.8, 4) is 10.6 Å². The van der Waals surface area contributed by atoms with E-state index in [1.165, 1.54) is 33.5 Å². The van der Waals surface area contributed by atoms with Crippen LogP contribution in [0.1, 0.15) is 5.56 Å². The van der Waals surface area contributed by atoms with E-state index in [9.17, 15) is 4.79 Å². The van der Waals surface area contributed by atoms with Crippen molar-refractivity contribution in [2.24, 2.45) is 0 Å². The Morgan fingerprint density at radius 1 is 1.56 bits per heavy atom. The second kappa shape index (κ2) is 4.99. The highest BCUT2D eigenvalue weighted by atomic mass is 32.2. The Bertz CT molecular complexity index is 504. The van der Waals surface area contributed by atoms with Crippen LogP contribution < -0.4 is 0 Å². The summed E-state index contributed by atoms with van der Waals surface area (Å²) in [5.74, 6) is -0.745. The zero-order valence-corrected chi connectivity index (χ0v) is 10.9. The van der Waals surface area contributed by atoms with Crippen molar-refractivity contribution >= 4 is 40.4 Å². The first-order valence-electron chi connectivity index (χ1n) is 4.51. The van der Waals surface area contributed by atoms with Crippen molar-refractivity contribution in [2.75, 3.05) is 5.75 Å². The van der Waals surface area contributed by atoms with Crippen LogP contribution in [0, 0.1) is 6.92 Å². The molecule has 3 nitrogen and oxygen atoms in total. The molecule has 0 aliphatic carbocycles. The normalized spacial score (nSPS) is 10.6. The largest absolute Gasteiger partial charge is 0.481 e. The summed E-state index contributed by atoms with van der Waals surface area (Å²) in [7, 11) is 0. The highest BCUT2D eigenvalue weighted by molar-refractivity contribution is 8.01. The van der Waals surface area contributed by atoms with Gasteiger partial charge in [-0.15, -0.1) is 22.7 Å². The first kappa shape index (κ1) is 11.6. The van der Waals surface area contributed by atoms with Crippen LogP contribution in [0.3, 0.4) is 0 Å². The molecule has 2 aromatic rings. The maximum absolute atomic E-state index is 10.4. The number of nitrogens with zero attached hydrogens (tertiary/aromatic N) is 1. The van der Waals surface area contributed by atoms with E-state index in [-0.39, 0.29) is 5.75 Å². The van der Waals surface area contributed by atoms with Gasteiger partial charge < -0.3 is 5.11 Å². The molecule has 1 N–H and O–H groups in total. The fraction of sp³-hybridized carbons (Fsp3) is 0.200. The number of aliphatic carboxylic acids is 1. The highest BCUT2D eigenvalue weighted by Crippen LogP contribution is 2.32. The van der Waals surface area contributed by atoms with E-state index in [4.69, 9.17) is 5.11 Å². The van der Waals surface area contributed by atoms with Crippen molar-refractivity contribution < 1.29 is 9.90 Å². The summed E-state index contributed by atoms with van der Waals surface area (Å²) in [5, 5.41) is 12.6. The minimum atomic E-state index is -0.811. The number of thiazole rings is 1. The molecule has 0 fully saturated rings. The maximum Gasteiger partial charge on any atom is 0.313 e. The Morgan fingerprint density at radius 2 is 2.38 bits per heavy atom. The second-order valence-electron chi connectivity index (χ2n) is 3.11. The standard InChI is InChI=1S/C10H9NO2S3/c1-6-2-3-14-9(6)7-4-15-10(11-7)16-5-8(12)13/h2-4H,5H2,1H3,(H,12,13). The third-order valence-corrected chi connectivity index (χ3v) is 4.94. The molecule has 16 heavy (non-hydrogen) atoms. The Balaban J connectivity index is 2.14. The molecule has 0 unspecified atom stereocenters. The Morgan fingerprint density at radius 3 is 3.00 bits per heavy atom. The topological polar surface area (TPSA) is 50.2 Å². The molecule has 0 saturated heterocycles. The van der Waals surface area contributed by atoms with Gasteiger partial charge in [-0.1, -0.05) is 11.8 Å². The van der Waals surface area contributed by atoms with Crippen molar-refractivity contribution in [1.29, 1.82) is 0 Å². The van der Waals surface area contributed by atoms with E-state index in [1.807, 2.05) is 10.8 Å². The molecule has 2 rings (SSSR count). The molecular formula is C10H9NO2S3.